The fourth-order valence-corrected chi connectivity index (χ4v) is 2.99. The molecule has 1 N–H and O–H groups in total. The van der Waals surface area contributed by atoms with Crippen molar-refractivity contribution in [2.45, 2.75) is 32.2 Å². The first kappa shape index (κ1) is 22.1. The summed E-state index contributed by atoms with van der Waals surface area (Å²) in [6.07, 6.45) is 0.684. The molecule has 0 aliphatic carbocycles. The molecular formula is C23H27NO5. The average Bonchev–Trinajstić information content (AvgIpc) is 2.76. The van der Waals surface area contributed by atoms with Crippen molar-refractivity contribution in [3.63, 3.8) is 0 Å². The standard InChI is InChI=1S/C23H27NO5/c1-4-16(2)21(23(27)28-3)24-19(25)15-29-22(26)20(17-11-7-5-8-12-17)18-13-9-6-10-14-18/h5-14,16,20-21H,4,15H2,1-3H3,(H,24,25)/t16-,21+/m1/s1. The first-order chi connectivity index (χ1) is 14.0. The van der Waals surface area contributed by atoms with Gasteiger partial charge in [-0.1, -0.05) is 80.9 Å². The van der Waals surface area contributed by atoms with E-state index in [1.165, 1.54) is 7.11 Å². The third-order valence-electron chi connectivity index (χ3n) is 4.83. The molecule has 154 valence electrons. The van der Waals surface area contributed by atoms with Crippen LogP contribution in [0.15, 0.2) is 60.7 Å². The van der Waals surface area contributed by atoms with Crippen LogP contribution in [0.2, 0.25) is 0 Å². The summed E-state index contributed by atoms with van der Waals surface area (Å²) < 4.78 is 10.1. The van der Waals surface area contributed by atoms with Gasteiger partial charge in [-0.2, -0.15) is 0 Å². The Kier molecular flexibility index (Phi) is 8.40. The number of methoxy groups -OCH3 is 1. The smallest absolute Gasteiger partial charge is 0.328 e. The molecule has 29 heavy (non-hydrogen) atoms. The van der Waals surface area contributed by atoms with Crippen LogP contribution >= 0.6 is 0 Å². The second-order valence-corrected chi connectivity index (χ2v) is 6.82. The van der Waals surface area contributed by atoms with Crippen LogP contribution in [0, 0.1) is 5.92 Å². The Morgan fingerprint density at radius 3 is 1.86 bits per heavy atom. The Morgan fingerprint density at radius 1 is 0.897 bits per heavy atom. The van der Waals surface area contributed by atoms with Gasteiger partial charge in [0.2, 0.25) is 0 Å². The van der Waals surface area contributed by atoms with Crippen molar-refractivity contribution in [1.82, 2.24) is 5.32 Å². The maximum Gasteiger partial charge on any atom is 0.328 e. The number of benzene rings is 2. The summed E-state index contributed by atoms with van der Waals surface area (Å²) in [7, 11) is 1.27. The van der Waals surface area contributed by atoms with E-state index in [2.05, 4.69) is 5.32 Å². The van der Waals surface area contributed by atoms with E-state index >= 15 is 0 Å². The molecule has 6 heteroatoms. The molecule has 2 aromatic rings. The van der Waals surface area contributed by atoms with Crippen LogP contribution in [0.3, 0.4) is 0 Å². The zero-order valence-electron chi connectivity index (χ0n) is 17.0. The van der Waals surface area contributed by atoms with Crippen molar-refractivity contribution >= 4 is 17.8 Å². The Labute approximate surface area is 171 Å². The summed E-state index contributed by atoms with van der Waals surface area (Å²) in [4.78, 5) is 37.0. The molecule has 0 bridgehead atoms. The summed E-state index contributed by atoms with van der Waals surface area (Å²) in [6, 6.07) is 17.7. The summed E-state index contributed by atoms with van der Waals surface area (Å²) >= 11 is 0. The molecule has 0 fully saturated rings. The van der Waals surface area contributed by atoms with E-state index in [-0.39, 0.29) is 5.92 Å². The van der Waals surface area contributed by atoms with Gasteiger partial charge in [0.25, 0.3) is 5.91 Å². The van der Waals surface area contributed by atoms with Gasteiger partial charge in [0.15, 0.2) is 6.61 Å². The molecule has 0 saturated heterocycles. The van der Waals surface area contributed by atoms with Crippen LogP contribution in [0.1, 0.15) is 37.3 Å². The fraction of sp³-hybridized carbons (Fsp3) is 0.348. The van der Waals surface area contributed by atoms with Gasteiger partial charge in [0, 0.05) is 0 Å². The van der Waals surface area contributed by atoms with E-state index in [4.69, 9.17) is 9.47 Å². The molecule has 0 aromatic heterocycles. The quantitative estimate of drug-likeness (QED) is 0.658. The predicted octanol–water partition coefficient (Wildman–Crippen LogP) is 3.07. The molecule has 2 rings (SSSR count). The molecule has 6 nitrogen and oxygen atoms in total. The highest BCUT2D eigenvalue weighted by molar-refractivity contribution is 5.88. The number of carbonyl (C=O) groups excluding carboxylic acids is 3. The van der Waals surface area contributed by atoms with Crippen LogP contribution in [-0.2, 0) is 23.9 Å². The van der Waals surface area contributed by atoms with E-state index in [1.54, 1.807) is 0 Å². The first-order valence-corrected chi connectivity index (χ1v) is 9.61. The minimum atomic E-state index is -0.782. The number of rotatable bonds is 9. The van der Waals surface area contributed by atoms with Crippen LogP contribution in [0.25, 0.3) is 0 Å². The average molecular weight is 397 g/mol. The lowest BCUT2D eigenvalue weighted by molar-refractivity contribution is -0.151. The van der Waals surface area contributed by atoms with Crippen LogP contribution in [0.4, 0.5) is 0 Å². The normalized spacial score (nSPS) is 12.7. The Hall–Kier alpha value is -3.15. The van der Waals surface area contributed by atoms with Crippen molar-refractivity contribution in [2.75, 3.05) is 13.7 Å². The van der Waals surface area contributed by atoms with E-state index in [9.17, 15) is 14.4 Å². The second kappa shape index (κ2) is 11.0. The SMILES string of the molecule is CC[C@@H](C)[C@H](NC(=O)COC(=O)C(c1ccccc1)c1ccccc1)C(=O)OC. The number of esters is 2. The summed E-state index contributed by atoms with van der Waals surface area (Å²) in [5.74, 6) is -2.35. The largest absolute Gasteiger partial charge is 0.467 e. The molecule has 2 aromatic carbocycles. The number of hydrogen-bond donors (Lipinski definition) is 1. The molecule has 2 atom stereocenters. The van der Waals surface area contributed by atoms with Gasteiger partial charge in [-0.05, 0) is 17.0 Å². The molecule has 0 aliphatic rings. The third kappa shape index (κ3) is 6.17. The van der Waals surface area contributed by atoms with Gasteiger partial charge in [0.05, 0.1) is 7.11 Å². The molecule has 0 heterocycles. The molecular weight excluding hydrogens is 370 g/mol. The lowest BCUT2D eigenvalue weighted by Gasteiger charge is -2.22. The lowest BCUT2D eigenvalue weighted by atomic mass is 9.91. The minimum Gasteiger partial charge on any atom is -0.467 e. The van der Waals surface area contributed by atoms with E-state index in [0.717, 1.165) is 11.1 Å². The maximum absolute atomic E-state index is 12.8. The highest BCUT2D eigenvalue weighted by atomic mass is 16.5. The van der Waals surface area contributed by atoms with Crippen molar-refractivity contribution < 1.29 is 23.9 Å². The van der Waals surface area contributed by atoms with Crippen LogP contribution in [0.5, 0.6) is 0 Å². The number of carbonyl (C=O) groups is 3. The van der Waals surface area contributed by atoms with E-state index < -0.39 is 36.4 Å². The molecule has 0 spiro atoms. The Morgan fingerprint density at radius 2 is 1.41 bits per heavy atom. The van der Waals surface area contributed by atoms with Gasteiger partial charge in [0.1, 0.15) is 12.0 Å². The van der Waals surface area contributed by atoms with Crippen molar-refractivity contribution in [3.8, 4) is 0 Å². The van der Waals surface area contributed by atoms with Crippen molar-refractivity contribution in [2.24, 2.45) is 5.92 Å². The highest BCUT2D eigenvalue weighted by Gasteiger charge is 2.28. The van der Waals surface area contributed by atoms with Gasteiger partial charge >= 0.3 is 11.9 Å². The van der Waals surface area contributed by atoms with E-state index in [0.29, 0.717) is 6.42 Å². The molecule has 0 radical (unpaired) electrons. The number of amides is 1. The van der Waals surface area contributed by atoms with Crippen LogP contribution < -0.4 is 5.32 Å². The topological polar surface area (TPSA) is 81.7 Å². The summed E-state index contributed by atoms with van der Waals surface area (Å²) in [5, 5.41) is 2.60. The van der Waals surface area contributed by atoms with Crippen molar-refractivity contribution in [1.29, 1.82) is 0 Å². The number of ether oxygens (including phenoxy) is 2. The molecule has 0 aliphatic heterocycles. The predicted molar refractivity (Wildman–Crippen MR) is 109 cm³/mol. The van der Waals surface area contributed by atoms with Gasteiger partial charge in [-0.15, -0.1) is 0 Å². The summed E-state index contributed by atoms with van der Waals surface area (Å²) in [6.45, 7) is 3.28. The minimum absolute atomic E-state index is 0.108. The van der Waals surface area contributed by atoms with Crippen LogP contribution in [-0.4, -0.2) is 37.6 Å². The number of nitrogens with one attached hydrogen (secondary N) is 1. The molecule has 0 saturated carbocycles. The Balaban J connectivity index is 2.08. The zero-order chi connectivity index (χ0) is 21.2. The number of hydrogen-bond acceptors (Lipinski definition) is 5. The monoisotopic (exact) mass is 397 g/mol. The van der Waals surface area contributed by atoms with Crippen molar-refractivity contribution in [3.05, 3.63) is 71.8 Å². The molecule has 0 unspecified atom stereocenters. The molecule has 1 amide bonds. The first-order valence-electron chi connectivity index (χ1n) is 9.61. The van der Waals surface area contributed by atoms with Gasteiger partial charge in [-0.3, -0.25) is 9.59 Å². The third-order valence-corrected chi connectivity index (χ3v) is 4.83. The van der Waals surface area contributed by atoms with Gasteiger partial charge < -0.3 is 14.8 Å². The lowest BCUT2D eigenvalue weighted by Crippen LogP contribution is -2.47. The second-order valence-electron chi connectivity index (χ2n) is 6.82. The Bertz CT molecular complexity index is 767. The van der Waals surface area contributed by atoms with E-state index in [1.807, 2.05) is 74.5 Å². The highest BCUT2D eigenvalue weighted by Crippen LogP contribution is 2.25. The fourth-order valence-electron chi connectivity index (χ4n) is 2.99. The summed E-state index contributed by atoms with van der Waals surface area (Å²) in [5.41, 5.74) is 1.55. The van der Waals surface area contributed by atoms with Gasteiger partial charge in [-0.25, -0.2) is 4.79 Å². The maximum atomic E-state index is 12.8. The zero-order valence-corrected chi connectivity index (χ0v) is 17.0.